The van der Waals surface area contributed by atoms with Crippen molar-refractivity contribution in [2.24, 2.45) is 17.8 Å². The van der Waals surface area contributed by atoms with Gasteiger partial charge in [-0.15, -0.1) is 0 Å². The molecule has 1 aliphatic rings. The fourth-order valence-corrected chi connectivity index (χ4v) is 2.05. The van der Waals surface area contributed by atoms with E-state index in [-0.39, 0.29) is 6.09 Å². The summed E-state index contributed by atoms with van der Waals surface area (Å²) in [6.07, 6.45) is 4.82. The summed E-state index contributed by atoms with van der Waals surface area (Å²) in [4.78, 5) is 11.3. The first-order chi connectivity index (χ1) is 7.58. The largest absolute Gasteiger partial charge is 0.449 e. The molecule has 0 heterocycles. The molecule has 0 radical (unpaired) electrons. The van der Waals surface area contributed by atoms with Crippen molar-refractivity contribution in [1.82, 2.24) is 5.32 Å². The van der Waals surface area contributed by atoms with Crippen molar-refractivity contribution in [2.45, 2.75) is 46.5 Å². The van der Waals surface area contributed by atoms with Gasteiger partial charge in [0.1, 0.15) is 0 Å². The van der Waals surface area contributed by atoms with Crippen molar-refractivity contribution in [3.63, 3.8) is 0 Å². The quantitative estimate of drug-likeness (QED) is 0.801. The van der Waals surface area contributed by atoms with E-state index in [2.05, 4.69) is 12.2 Å². The molecule has 3 nitrogen and oxygen atoms in total. The van der Waals surface area contributed by atoms with Crippen LogP contribution >= 0.6 is 0 Å². The monoisotopic (exact) mass is 227 g/mol. The minimum absolute atomic E-state index is 0.257. The highest BCUT2D eigenvalue weighted by Gasteiger charge is 2.18. The topological polar surface area (TPSA) is 38.3 Å². The molecule has 1 rings (SSSR count). The number of ether oxygens (including phenoxy) is 1. The molecule has 0 spiro atoms. The molecule has 0 saturated heterocycles. The van der Waals surface area contributed by atoms with Crippen LogP contribution in [0.4, 0.5) is 4.79 Å². The van der Waals surface area contributed by atoms with Gasteiger partial charge in [-0.3, -0.25) is 0 Å². The second kappa shape index (κ2) is 6.77. The standard InChI is InChI=1S/C13H25NO2/c1-10(2)9-16-13(15)14-8-12-6-4-11(3)5-7-12/h10-12H,4-9H2,1-3H3,(H,14,15). The molecule has 1 amide bonds. The molecule has 1 aliphatic carbocycles. The maximum absolute atomic E-state index is 11.3. The Labute approximate surface area is 98.9 Å². The predicted octanol–water partition coefficient (Wildman–Crippen LogP) is 3.19. The first-order valence-corrected chi connectivity index (χ1v) is 6.48. The fourth-order valence-electron chi connectivity index (χ4n) is 2.05. The van der Waals surface area contributed by atoms with E-state index < -0.39 is 0 Å². The lowest BCUT2D eigenvalue weighted by Gasteiger charge is -2.26. The zero-order chi connectivity index (χ0) is 12.0. The molecule has 0 aliphatic heterocycles. The first kappa shape index (κ1) is 13.3. The van der Waals surface area contributed by atoms with E-state index >= 15 is 0 Å². The van der Waals surface area contributed by atoms with Crippen LogP contribution in [0.3, 0.4) is 0 Å². The Bertz CT molecular complexity index is 208. The molecule has 0 aromatic heterocycles. The zero-order valence-corrected chi connectivity index (χ0v) is 10.8. The van der Waals surface area contributed by atoms with Gasteiger partial charge in [0.25, 0.3) is 0 Å². The summed E-state index contributed by atoms with van der Waals surface area (Å²) in [7, 11) is 0. The molecular weight excluding hydrogens is 202 g/mol. The molecule has 1 fully saturated rings. The first-order valence-electron chi connectivity index (χ1n) is 6.48. The predicted molar refractivity (Wildman–Crippen MR) is 65.3 cm³/mol. The van der Waals surface area contributed by atoms with Crippen LogP contribution in [0.1, 0.15) is 46.5 Å². The van der Waals surface area contributed by atoms with Gasteiger partial charge in [0.15, 0.2) is 0 Å². The highest BCUT2D eigenvalue weighted by molar-refractivity contribution is 5.67. The van der Waals surface area contributed by atoms with Crippen molar-refractivity contribution >= 4 is 6.09 Å². The number of hydrogen-bond donors (Lipinski definition) is 1. The van der Waals surface area contributed by atoms with Gasteiger partial charge in [-0.25, -0.2) is 4.79 Å². The van der Waals surface area contributed by atoms with E-state index in [4.69, 9.17) is 4.74 Å². The van der Waals surface area contributed by atoms with E-state index in [1.165, 1.54) is 25.7 Å². The number of alkyl carbamates (subject to hydrolysis) is 1. The lowest BCUT2D eigenvalue weighted by Crippen LogP contribution is -2.32. The molecule has 3 heteroatoms. The van der Waals surface area contributed by atoms with Crippen LogP contribution in [0.2, 0.25) is 0 Å². The van der Waals surface area contributed by atoms with Crippen LogP contribution in [0, 0.1) is 17.8 Å². The van der Waals surface area contributed by atoms with E-state index in [1.54, 1.807) is 0 Å². The summed E-state index contributed by atoms with van der Waals surface area (Å²) in [5, 5.41) is 2.86. The Hall–Kier alpha value is -0.730. The van der Waals surface area contributed by atoms with Crippen molar-refractivity contribution in [1.29, 1.82) is 0 Å². The van der Waals surface area contributed by atoms with E-state index in [1.807, 2.05) is 13.8 Å². The van der Waals surface area contributed by atoms with Crippen LogP contribution in [-0.2, 0) is 4.74 Å². The summed E-state index contributed by atoms with van der Waals surface area (Å²) in [5.74, 6) is 1.92. The molecule has 94 valence electrons. The number of carbonyl (C=O) groups is 1. The Morgan fingerprint density at radius 2 is 1.94 bits per heavy atom. The SMILES string of the molecule is CC(C)COC(=O)NCC1CCC(C)CC1. The van der Waals surface area contributed by atoms with Gasteiger partial charge >= 0.3 is 6.09 Å². The number of amides is 1. The van der Waals surface area contributed by atoms with Crippen LogP contribution in [0.15, 0.2) is 0 Å². The Kier molecular flexibility index (Phi) is 5.64. The van der Waals surface area contributed by atoms with E-state index in [0.29, 0.717) is 18.4 Å². The van der Waals surface area contributed by atoms with Gasteiger partial charge in [-0.05, 0) is 30.6 Å². The van der Waals surface area contributed by atoms with Gasteiger partial charge in [-0.1, -0.05) is 33.6 Å². The highest BCUT2D eigenvalue weighted by atomic mass is 16.5. The van der Waals surface area contributed by atoms with Crippen molar-refractivity contribution in [3.8, 4) is 0 Å². The summed E-state index contributed by atoms with van der Waals surface area (Å²) < 4.78 is 5.07. The van der Waals surface area contributed by atoms with Gasteiger partial charge in [-0.2, -0.15) is 0 Å². The minimum Gasteiger partial charge on any atom is -0.449 e. The van der Waals surface area contributed by atoms with Crippen LogP contribution in [-0.4, -0.2) is 19.2 Å². The van der Waals surface area contributed by atoms with Crippen molar-refractivity contribution in [2.75, 3.05) is 13.2 Å². The molecule has 0 aromatic carbocycles. The fraction of sp³-hybridized carbons (Fsp3) is 0.923. The Balaban J connectivity index is 2.07. The summed E-state index contributed by atoms with van der Waals surface area (Å²) in [6.45, 7) is 7.67. The van der Waals surface area contributed by atoms with Crippen LogP contribution in [0.25, 0.3) is 0 Å². The van der Waals surface area contributed by atoms with Gasteiger partial charge in [0.05, 0.1) is 6.61 Å². The van der Waals surface area contributed by atoms with E-state index in [0.717, 1.165) is 12.5 Å². The molecule has 16 heavy (non-hydrogen) atoms. The maximum Gasteiger partial charge on any atom is 0.407 e. The lowest BCUT2D eigenvalue weighted by atomic mass is 9.83. The molecule has 0 atom stereocenters. The summed E-state index contributed by atoms with van der Waals surface area (Å²) in [5.41, 5.74) is 0. The van der Waals surface area contributed by atoms with Gasteiger partial charge in [0.2, 0.25) is 0 Å². The minimum atomic E-state index is -0.257. The molecule has 1 N–H and O–H groups in total. The van der Waals surface area contributed by atoms with Crippen LogP contribution < -0.4 is 5.32 Å². The lowest BCUT2D eigenvalue weighted by molar-refractivity contribution is 0.130. The molecule has 1 saturated carbocycles. The number of rotatable bonds is 4. The molecule has 0 unspecified atom stereocenters. The second-order valence-corrected chi connectivity index (χ2v) is 5.50. The number of nitrogens with one attached hydrogen (secondary N) is 1. The Morgan fingerprint density at radius 1 is 1.31 bits per heavy atom. The normalized spacial score (nSPS) is 25.5. The molecular formula is C13H25NO2. The highest BCUT2D eigenvalue weighted by Crippen LogP contribution is 2.27. The summed E-state index contributed by atoms with van der Waals surface area (Å²) in [6, 6.07) is 0. The smallest absolute Gasteiger partial charge is 0.407 e. The van der Waals surface area contributed by atoms with Crippen LogP contribution in [0.5, 0.6) is 0 Å². The average Bonchev–Trinajstić information content (AvgIpc) is 2.25. The Morgan fingerprint density at radius 3 is 2.50 bits per heavy atom. The average molecular weight is 227 g/mol. The second-order valence-electron chi connectivity index (χ2n) is 5.50. The van der Waals surface area contributed by atoms with Crippen molar-refractivity contribution < 1.29 is 9.53 Å². The zero-order valence-electron chi connectivity index (χ0n) is 10.8. The number of hydrogen-bond acceptors (Lipinski definition) is 2. The number of carbonyl (C=O) groups excluding carboxylic acids is 1. The molecule has 0 aromatic rings. The van der Waals surface area contributed by atoms with E-state index in [9.17, 15) is 4.79 Å². The third-order valence-electron chi connectivity index (χ3n) is 3.22. The third-order valence-corrected chi connectivity index (χ3v) is 3.22. The third kappa shape index (κ3) is 5.38. The molecule has 0 bridgehead atoms. The van der Waals surface area contributed by atoms with Crippen molar-refractivity contribution in [3.05, 3.63) is 0 Å². The maximum atomic E-state index is 11.3. The van der Waals surface area contributed by atoms with Gasteiger partial charge < -0.3 is 10.1 Å². The van der Waals surface area contributed by atoms with Gasteiger partial charge in [0, 0.05) is 6.54 Å². The summed E-state index contributed by atoms with van der Waals surface area (Å²) >= 11 is 0.